The summed E-state index contributed by atoms with van der Waals surface area (Å²) in [5.41, 5.74) is 7.44. The predicted octanol–water partition coefficient (Wildman–Crippen LogP) is 2.93. The third-order valence-corrected chi connectivity index (χ3v) is 2.78. The van der Waals surface area contributed by atoms with Crippen LogP contribution in [0.2, 0.25) is 0 Å². The molecule has 4 N–H and O–H groups in total. The van der Waals surface area contributed by atoms with Gasteiger partial charge in [-0.1, -0.05) is 0 Å². The zero-order valence-corrected chi connectivity index (χ0v) is 11.8. The van der Waals surface area contributed by atoms with Crippen molar-refractivity contribution in [2.24, 2.45) is 0 Å². The van der Waals surface area contributed by atoms with Gasteiger partial charge < -0.3 is 25.8 Å². The average Bonchev–Trinajstić information content (AvgIpc) is 2.49. The van der Waals surface area contributed by atoms with Crippen molar-refractivity contribution in [2.75, 3.05) is 30.6 Å². The number of benzene rings is 2. The van der Waals surface area contributed by atoms with Crippen molar-refractivity contribution in [3.8, 4) is 11.5 Å². The highest BCUT2D eigenvalue weighted by atomic mass is 16.5. The maximum atomic E-state index is 11.9. The molecule has 0 heterocycles. The molecule has 0 aliphatic rings. The third-order valence-electron chi connectivity index (χ3n) is 2.78. The van der Waals surface area contributed by atoms with E-state index in [1.54, 1.807) is 56.7 Å². The van der Waals surface area contributed by atoms with E-state index in [0.29, 0.717) is 28.6 Å². The number of urea groups is 1. The van der Waals surface area contributed by atoms with Crippen molar-refractivity contribution < 1.29 is 14.3 Å². The highest BCUT2D eigenvalue weighted by Gasteiger charge is 2.06. The molecule has 0 aliphatic heterocycles. The van der Waals surface area contributed by atoms with Crippen LogP contribution in [0.25, 0.3) is 0 Å². The summed E-state index contributed by atoms with van der Waals surface area (Å²) in [5, 5.41) is 5.42. The van der Waals surface area contributed by atoms with Crippen LogP contribution < -0.4 is 25.8 Å². The maximum Gasteiger partial charge on any atom is 0.323 e. The predicted molar refractivity (Wildman–Crippen MR) is 83.0 cm³/mol. The summed E-state index contributed by atoms with van der Waals surface area (Å²) < 4.78 is 10.3. The Morgan fingerprint density at radius 2 is 1.43 bits per heavy atom. The normalized spacial score (nSPS) is 9.81. The van der Waals surface area contributed by atoms with Gasteiger partial charge in [-0.2, -0.15) is 0 Å². The van der Waals surface area contributed by atoms with E-state index in [1.807, 2.05) is 0 Å². The molecule has 0 aromatic heterocycles. The van der Waals surface area contributed by atoms with E-state index in [-0.39, 0.29) is 6.03 Å². The standard InChI is InChI=1S/C15H17N3O3/c1-20-13-7-12(8-14(9-13)21-2)18-15(19)17-11-5-3-10(16)4-6-11/h3-9H,16H2,1-2H3,(H2,17,18,19). The Balaban J connectivity index is 2.06. The number of carbonyl (C=O) groups is 1. The number of nitrogens with two attached hydrogens (primary N) is 1. The van der Waals surface area contributed by atoms with Gasteiger partial charge in [0.05, 0.1) is 14.2 Å². The number of nitrogens with one attached hydrogen (secondary N) is 2. The molecule has 0 radical (unpaired) electrons. The van der Waals surface area contributed by atoms with Gasteiger partial charge in [-0.15, -0.1) is 0 Å². The first-order valence-corrected chi connectivity index (χ1v) is 6.27. The van der Waals surface area contributed by atoms with Gasteiger partial charge in [-0.05, 0) is 24.3 Å². The molecule has 2 aromatic carbocycles. The first-order valence-electron chi connectivity index (χ1n) is 6.27. The van der Waals surface area contributed by atoms with Crippen LogP contribution in [-0.4, -0.2) is 20.3 Å². The quantitative estimate of drug-likeness (QED) is 0.755. The van der Waals surface area contributed by atoms with E-state index in [0.717, 1.165) is 0 Å². The Bertz CT molecular complexity index is 604. The molecule has 6 nitrogen and oxygen atoms in total. The number of hydrogen-bond acceptors (Lipinski definition) is 4. The SMILES string of the molecule is COc1cc(NC(=O)Nc2ccc(N)cc2)cc(OC)c1. The Morgan fingerprint density at radius 1 is 0.905 bits per heavy atom. The molecule has 2 amide bonds. The zero-order valence-electron chi connectivity index (χ0n) is 11.8. The molecule has 0 unspecified atom stereocenters. The van der Waals surface area contributed by atoms with Crippen LogP contribution in [0.3, 0.4) is 0 Å². The van der Waals surface area contributed by atoms with Crippen LogP contribution in [0, 0.1) is 0 Å². The summed E-state index contributed by atoms with van der Waals surface area (Å²) in [5.74, 6) is 1.19. The lowest BCUT2D eigenvalue weighted by Crippen LogP contribution is -2.19. The Hall–Kier alpha value is -2.89. The maximum absolute atomic E-state index is 11.9. The third kappa shape index (κ3) is 4.04. The molecule has 2 aromatic rings. The molecule has 21 heavy (non-hydrogen) atoms. The van der Waals surface area contributed by atoms with Gasteiger partial charge >= 0.3 is 6.03 Å². The van der Waals surface area contributed by atoms with Crippen LogP contribution in [0.5, 0.6) is 11.5 Å². The minimum atomic E-state index is -0.366. The van der Waals surface area contributed by atoms with Crippen LogP contribution >= 0.6 is 0 Å². The van der Waals surface area contributed by atoms with Crippen molar-refractivity contribution in [1.82, 2.24) is 0 Å². The van der Waals surface area contributed by atoms with Crippen molar-refractivity contribution in [3.05, 3.63) is 42.5 Å². The van der Waals surface area contributed by atoms with Gasteiger partial charge in [0.2, 0.25) is 0 Å². The van der Waals surface area contributed by atoms with Crippen LogP contribution in [-0.2, 0) is 0 Å². The summed E-state index contributed by atoms with van der Waals surface area (Å²) in [4.78, 5) is 11.9. The van der Waals surface area contributed by atoms with Crippen LogP contribution in [0.4, 0.5) is 21.9 Å². The second kappa shape index (κ2) is 6.51. The van der Waals surface area contributed by atoms with Gasteiger partial charge in [-0.3, -0.25) is 0 Å². The fourth-order valence-electron chi connectivity index (χ4n) is 1.74. The summed E-state index contributed by atoms with van der Waals surface area (Å²) in [6, 6.07) is 11.6. The van der Waals surface area contributed by atoms with Crippen LogP contribution in [0.1, 0.15) is 0 Å². The van der Waals surface area contributed by atoms with Gasteiger partial charge in [0, 0.05) is 35.3 Å². The number of methoxy groups -OCH3 is 2. The molecule has 0 saturated carbocycles. The van der Waals surface area contributed by atoms with Crippen molar-refractivity contribution in [3.63, 3.8) is 0 Å². The fraction of sp³-hybridized carbons (Fsp3) is 0.133. The minimum absolute atomic E-state index is 0.366. The van der Waals surface area contributed by atoms with Crippen molar-refractivity contribution >= 4 is 23.1 Å². The van der Waals surface area contributed by atoms with Crippen LogP contribution in [0.15, 0.2) is 42.5 Å². The number of ether oxygens (including phenoxy) is 2. The molecule has 0 atom stereocenters. The van der Waals surface area contributed by atoms with E-state index in [1.165, 1.54) is 0 Å². The largest absolute Gasteiger partial charge is 0.497 e. The van der Waals surface area contributed by atoms with Crippen molar-refractivity contribution in [2.45, 2.75) is 0 Å². The van der Waals surface area contributed by atoms with Gasteiger partial charge in [-0.25, -0.2) is 4.79 Å². The molecule has 0 saturated heterocycles. The molecule has 0 spiro atoms. The minimum Gasteiger partial charge on any atom is -0.497 e. The summed E-state index contributed by atoms with van der Waals surface area (Å²) in [6.45, 7) is 0. The highest BCUT2D eigenvalue weighted by molar-refractivity contribution is 6.00. The molecule has 110 valence electrons. The van der Waals surface area contributed by atoms with E-state index in [2.05, 4.69) is 10.6 Å². The molecule has 0 bridgehead atoms. The summed E-state index contributed by atoms with van der Waals surface area (Å²) >= 11 is 0. The lowest BCUT2D eigenvalue weighted by molar-refractivity contribution is 0.262. The number of carbonyl (C=O) groups excluding carboxylic acids is 1. The van der Waals surface area contributed by atoms with E-state index in [9.17, 15) is 4.79 Å². The van der Waals surface area contributed by atoms with E-state index < -0.39 is 0 Å². The highest BCUT2D eigenvalue weighted by Crippen LogP contribution is 2.25. The summed E-state index contributed by atoms with van der Waals surface area (Å²) in [6.07, 6.45) is 0. The number of amides is 2. The zero-order chi connectivity index (χ0) is 15.2. The first-order chi connectivity index (χ1) is 10.1. The Kier molecular flexibility index (Phi) is 4.50. The molecule has 0 aliphatic carbocycles. The summed E-state index contributed by atoms with van der Waals surface area (Å²) in [7, 11) is 3.10. The molecule has 6 heteroatoms. The molecular weight excluding hydrogens is 270 g/mol. The number of rotatable bonds is 4. The van der Waals surface area contributed by atoms with Gasteiger partial charge in [0.15, 0.2) is 0 Å². The second-order valence-electron chi connectivity index (χ2n) is 4.30. The lowest BCUT2D eigenvalue weighted by Gasteiger charge is -2.11. The van der Waals surface area contributed by atoms with Crippen molar-refractivity contribution in [1.29, 1.82) is 0 Å². The fourth-order valence-corrected chi connectivity index (χ4v) is 1.74. The van der Waals surface area contributed by atoms with Gasteiger partial charge in [0.25, 0.3) is 0 Å². The molecular formula is C15H17N3O3. The smallest absolute Gasteiger partial charge is 0.323 e. The monoisotopic (exact) mass is 287 g/mol. The Morgan fingerprint density at radius 3 is 1.95 bits per heavy atom. The Labute approximate surface area is 122 Å². The van der Waals surface area contributed by atoms with E-state index in [4.69, 9.17) is 15.2 Å². The number of hydrogen-bond donors (Lipinski definition) is 3. The lowest BCUT2D eigenvalue weighted by atomic mass is 10.2. The number of nitrogen functional groups attached to an aromatic ring is 1. The first kappa shape index (κ1) is 14.5. The topological polar surface area (TPSA) is 85.6 Å². The van der Waals surface area contributed by atoms with Gasteiger partial charge in [0.1, 0.15) is 11.5 Å². The average molecular weight is 287 g/mol. The second-order valence-corrected chi connectivity index (χ2v) is 4.30. The molecule has 2 rings (SSSR count). The number of anilines is 3. The molecule has 0 fully saturated rings. The van der Waals surface area contributed by atoms with E-state index >= 15 is 0 Å².